The molecule has 2 saturated heterocycles. The number of benzene rings is 2. The average molecular weight is 482 g/mol. The van der Waals surface area contributed by atoms with E-state index in [1.807, 2.05) is 46.2 Å². The first-order chi connectivity index (χ1) is 16.5. The topological polar surface area (TPSA) is 91.2 Å². The van der Waals surface area contributed by atoms with Crippen molar-refractivity contribution in [3.63, 3.8) is 0 Å². The standard InChI is InChI=1S/C24H27N5O4S/c30-23(9-6-19-4-2-1-3-5-19)25-24(34)28-12-10-26(11-13-28)20-7-8-21(29(31)32)22(18-20)27-14-16-33-17-15-27/h1-9,18H,10-17H2,(H,25,30,34)/b9-6+. The molecule has 0 bridgehead atoms. The molecule has 0 radical (unpaired) electrons. The van der Waals surface area contributed by atoms with Crippen molar-refractivity contribution in [2.75, 3.05) is 62.3 Å². The summed E-state index contributed by atoms with van der Waals surface area (Å²) < 4.78 is 5.39. The van der Waals surface area contributed by atoms with Crippen molar-refractivity contribution in [3.8, 4) is 0 Å². The van der Waals surface area contributed by atoms with Gasteiger partial charge in [0.05, 0.1) is 18.1 Å². The SMILES string of the molecule is O=C(/C=C/c1ccccc1)NC(=S)N1CCN(c2ccc([N+](=O)[O-])c(N3CCOCC3)c2)CC1. The Hall–Kier alpha value is -3.50. The summed E-state index contributed by atoms with van der Waals surface area (Å²) in [4.78, 5) is 29.6. The summed E-state index contributed by atoms with van der Waals surface area (Å²) in [6, 6.07) is 14.9. The number of ether oxygens (including phenoxy) is 1. The number of amides is 1. The summed E-state index contributed by atoms with van der Waals surface area (Å²) in [7, 11) is 0. The lowest BCUT2D eigenvalue weighted by Gasteiger charge is -2.37. The Morgan fingerprint density at radius 1 is 1.00 bits per heavy atom. The number of piperazine rings is 1. The molecule has 0 atom stereocenters. The third-order valence-corrected chi connectivity index (χ3v) is 6.26. The van der Waals surface area contributed by atoms with Crippen LogP contribution in [0.4, 0.5) is 17.1 Å². The van der Waals surface area contributed by atoms with E-state index in [0.717, 1.165) is 11.3 Å². The summed E-state index contributed by atoms with van der Waals surface area (Å²) in [6.45, 7) is 5.05. The summed E-state index contributed by atoms with van der Waals surface area (Å²) in [6.07, 6.45) is 3.22. The lowest BCUT2D eigenvalue weighted by molar-refractivity contribution is -0.384. The van der Waals surface area contributed by atoms with Crippen LogP contribution in [0, 0.1) is 10.1 Å². The van der Waals surface area contributed by atoms with Crippen LogP contribution in [-0.2, 0) is 9.53 Å². The van der Waals surface area contributed by atoms with Crippen LogP contribution < -0.4 is 15.1 Å². The predicted octanol–water partition coefficient (Wildman–Crippen LogP) is 2.67. The number of nitro benzene ring substituents is 1. The van der Waals surface area contributed by atoms with Crippen molar-refractivity contribution >= 4 is 46.4 Å². The van der Waals surface area contributed by atoms with Crippen LogP contribution in [0.2, 0.25) is 0 Å². The van der Waals surface area contributed by atoms with Crippen LogP contribution in [0.3, 0.4) is 0 Å². The van der Waals surface area contributed by atoms with Crippen molar-refractivity contribution in [1.29, 1.82) is 0 Å². The van der Waals surface area contributed by atoms with Crippen molar-refractivity contribution in [3.05, 3.63) is 70.3 Å². The van der Waals surface area contributed by atoms with Gasteiger partial charge in [0.15, 0.2) is 5.11 Å². The minimum atomic E-state index is -0.333. The number of nitrogens with zero attached hydrogens (tertiary/aromatic N) is 4. The highest BCUT2D eigenvalue weighted by Gasteiger charge is 2.25. The molecule has 2 heterocycles. The van der Waals surface area contributed by atoms with Gasteiger partial charge in [0.1, 0.15) is 5.69 Å². The molecule has 1 amide bonds. The molecular weight excluding hydrogens is 454 g/mol. The Morgan fingerprint density at radius 3 is 2.38 bits per heavy atom. The number of anilines is 2. The summed E-state index contributed by atoms with van der Waals surface area (Å²) in [5.74, 6) is -0.262. The van der Waals surface area contributed by atoms with E-state index in [-0.39, 0.29) is 16.5 Å². The fraction of sp³-hybridized carbons (Fsp3) is 0.333. The fourth-order valence-electron chi connectivity index (χ4n) is 4.05. The number of rotatable bonds is 5. The second-order valence-corrected chi connectivity index (χ2v) is 8.43. The molecular formula is C24H27N5O4S. The lowest BCUT2D eigenvalue weighted by Crippen LogP contribution is -2.52. The van der Waals surface area contributed by atoms with Crippen molar-refractivity contribution < 1.29 is 14.5 Å². The molecule has 2 aromatic carbocycles. The van der Waals surface area contributed by atoms with E-state index in [9.17, 15) is 14.9 Å². The van der Waals surface area contributed by atoms with Gasteiger partial charge in [-0.1, -0.05) is 30.3 Å². The van der Waals surface area contributed by atoms with Gasteiger partial charge in [-0.15, -0.1) is 0 Å². The number of nitro groups is 1. The molecule has 0 saturated carbocycles. The van der Waals surface area contributed by atoms with Crippen LogP contribution in [-0.4, -0.2) is 73.3 Å². The Morgan fingerprint density at radius 2 is 1.71 bits per heavy atom. The third kappa shape index (κ3) is 5.89. The van der Waals surface area contributed by atoms with Crippen molar-refractivity contribution in [1.82, 2.24) is 10.2 Å². The number of thiocarbonyl (C=S) groups is 1. The third-order valence-electron chi connectivity index (χ3n) is 5.90. The maximum absolute atomic E-state index is 12.2. The first-order valence-electron chi connectivity index (χ1n) is 11.2. The highest BCUT2D eigenvalue weighted by Crippen LogP contribution is 2.33. The van der Waals surface area contributed by atoms with Crippen LogP contribution in [0.15, 0.2) is 54.6 Å². The lowest BCUT2D eigenvalue weighted by atomic mass is 10.1. The molecule has 34 heavy (non-hydrogen) atoms. The van der Waals surface area contributed by atoms with E-state index in [2.05, 4.69) is 10.2 Å². The Bertz CT molecular complexity index is 1060. The molecule has 2 aromatic rings. The molecule has 2 aliphatic rings. The molecule has 4 rings (SSSR count). The Kier molecular flexibility index (Phi) is 7.71. The number of nitrogens with one attached hydrogen (secondary N) is 1. The minimum absolute atomic E-state index is 0.108. The summed E-state index contributed by atoms with van der Waals surface area (Å²) >= 11 is 5.44. The van der Waals surface area contributed by atoms with E-state index in [4.69, 9.17) is 17.0 Å². The molecule has 0 aliphatic carbocycles. The predicted molar refractivity (Wildman–Crippen MR) is 136 cm³/mol. The van der Waals surface area contributed by atoms with E-state index in [0.29, 0.717) is 63.3 Å². The number of carbonyl (C=O) groups is 1. The van der Waals surface area contributed by atoms with Gasteiger partial charge in [0.2, 0.25) is 5.91 Å². The smallest absolute Gasteiger partial charge is 0.292 e. The molecule has 9 nitrogen and oxygen atoms in total. The molecule has 1 N–H and O–H groups in total. The maximum Gasteiger partial charge on any atom is 0.292 e. The number of carbonyl (C=O) groups excluding carboxylic acids is 1. The number of hydrogen-bond donors (Lipinski definition) is 1. The molecule has 0 aromatic heterocycles. The summed E-state index contributed by atoms with van der Waals surface area (Å²) in [5.41, 5.74) is 2.61. The molecule has 2 aliphatic heterocycles. The fourth-order valence-corrected chi connectivity index (χ4v) is 4.33. The first-order valence-corrected chi connectivity index (χ1v) is 11.6. The van der Waals surface area contributed by atoms with Gasteiger partial charge in [-0.25, -0.2) is 0 Å². The minimum Gasteiger partial charge on any atom is -0.378 e. The zero-order valence-corrected chi connectivity index (χ0v) is 19.6. The number of hydrogen-bond acceptors (Lipinski definition) is 7. The molecule has 0 spiro atoms. The maximum atomic E-state index is 12.2. The summed E-state index contributed by atoms with van der Waals surface area (Å²) in [5, 5.41) is 14.7. The monoisotopic (exact) mass is 481 g/mol. The van der Waals surface area contributed by atoms with E-state index in [1.54, 1.807) is 18.2 Å². The zero-order chi connectivity index (χ0) is 23.9. The second-order valence-electron chi connectivity index (χ2n) is 8.04. The zero-order valence-electron chi connectivity index (χ0n) is 18.8. The Balaban J connectivity index is 1.35. The van der Waals surface area contributed by atoms with Crippen LogP contribution in [0.25, 0.3) is 6.08 Å². The highest BCUT2D eigenvalue weighted by atomic mass is 32.1. The van der Waals surface area contributed by atoms with Gasteiger partial charge in [-0.3, -0.25) is 20.2 Å². The van der Waals surface area contributed by atoms with Gasteiger partial charge in [-0.2, -0.15) is 0 Å². The molecule has 10 heteroatoms. The van der Waals surface area contributed by atoms with Crippen LogP contribution >= 0.6 is 12.2 Å². The first kappa shape index (κ1) is 23.7. The number of morpholine rings is 1. The average Bonchev–Trinajstić information content (AvgIpc) is 2.88. The van der Waals surface area contributed by atoms with Gasteiger partial charge >= 0.3 is 0 Å². The second kappa shape index (κ2) is 11.1. The van der Waals surface area contributed by atoms with Crippen molar-refractivity contribution in [2.45, 2.75) is 0 Å². The van der Waals surface area contributed by atoms with Gasteiger partial charge < -0.3 is 19.4 Å². The van der Waals surface area contributed by atoms with E-state index in [1.165, 1.54) is 6.08 Å². The van der Waals surface area contributed by atoms with Gasteiger partial charge in [-0.05, 0) is 36.0 Å². The van der Waals surface area contributed by atoms with E-state index >= 15 is 0 Å². The molecule has 178 valence electrons. The van der Waals surface area contributed by atoms with Crippen molar-refractivity contribution in [2.24, 2.45) is 0 Å². The normalized spacial score (nSPS) is 16.5. The largest absolute Gasteiger partial charge is 0.378 e. The highest BCUT2D eigenvalue weighted by molar-refractivity contribution is 7.80. The Labute approximate surface area is 203 Å². The van der Waals surface area contributed by atoms with Gasteiger partial charge in [0.25, 0.3) is 5.69 Å². The molecule has 2 fully saturated rings. The van der Waals surface area contributed by atoms with Crippen LogP contribution in [0.5, 0.6) is 0 Å². The quantitative estimate of drug-likeness (QED) is 0.302. The van der Waals surface area contributed by atoms with E-state index < -0.39 is 0 Å². The van der Waals surface area contributed by atoms with Gasteiger partial charge in [0, 0.05) is 57.1 Å². The van der Waals surface area contributed by atoms with Crippen LogP contribution in [0.1, 0.15) is 5.56 Å². The molecule has 0 unspecified atom stereocenters.